The van der Waals surface area contributed by atoms with Crippen molar-refractivity contribution < 1.29 is 43.0 Å². The van der Waals surface area contributed by atoms with E-state index in [0.29, 0.717) is 74.1 Å². The zero-order valence-electron chi connectivity index (χ0n) is 24.1. The first kappa shape index (κ1) is 32.3. The van der Waals surface area contributed by atoms with Crippen molar-refractivity contribution in [3.63, 3.8) is 0 Å². The zero-order valence-corrected chi connectivity index (χ0v) is 24.1. The molecule has 1 unspecified atom stereocenters. The van der Waals surface area contributed by atoms with E-state index in [0.717, 1.165) is 0 Å². The van der Waals surface area contributed by atoms with Gasteiger partial charge in [-0.15, -0.1) is 0 Å². The van der Waals surface area contributed by atoms with Gasteiger partial charge in [0.2, 0.25) is 24.1 Å². The van der Waals surface area contributed by atoms with Crippen molar-refractivity contribution in [2.75, 3.05) is 56.8 Å². The van der Waals surface area contributed by atoms with Crippen LogP contribution in [0.15, 0.2) is 42.5 Å². The summed E-state index contributed by atoms with van der Waals surface area (Å²) in [6, 6.07) is 10.8. The summed E-state index contributed by atoms with van der Waals surface area (Å²) in [4.78, 5) is 73.1. The van der Waals surface area contributed by atoms with E-state index in [-0.39, 0.29) is 56.0 Å². The number of rotatable bonds is 17. The SMILES string of the molecule is O=CNc1ccc(C(=O)NCCOCCOCCOCCC(=O)Nc2cccc3c2CN(C2CCC(=O)NC2=O)C3=O)cc1. The molecule has 14 heteroatoms. The van der Waals surface area contributed by atoms with E-state index in [1.165, 1.54) is 4.90 Å². The van der Waals surface area contributed by atoms with Crippen molar-refractivity contribution in [2.24, 2.45) is 0 Å². The van der Waals surface area contributed by atoms with Gasteiger partial charge < -0.3 is 35.1 Å². The van der Waals surface area contributed by atoms with Crippen LogP contribution in [-0.2, 0) is 39.9 Å². The normalized spacial score (nSPS) is 15.9. The molecule has 2 heterocycles. The molecular formula is C30H35N5O9. The van der Waals surface area contributed by atoms with Gasteiger partial charge in [-0.2, -0.15) is 0 Å². The Morgan fingerprint density at radius 3 is 2.34 bits per heavy atom. The minimum Gasteiger partial charge on any atom is -0.379 e. The number of fused-ring (bicyclic) bond motifs is 1. The lowest BCUT2D eigenvalue weighted by molar-refractivity contribution is -0.137. The number of amides is 6. The summed E-state index contributed by atoms with van der Waals surface area (Å²) < 4.78 is 16.4. The fourth-order valence-electron chi connectivity index (χ4n) is 4.75. The molecular weight excluding hydrogens is 574 g/mol. The molecule has 0 aliphatic carbocycles. The number of benzene rings is 2. The van der Waals surface area contributed by atoms with E-state index < -0.39 is 11.9 Å². The molecule has 4 rings (SSSR count). The van der Waals surface area contributed by atoms with Crippen LogP contribution >= 0.6 is 0 Å². The quantitative estimate of drug-likeness (QED) is 0.115. The lowest BCUT2D eigenvalue weighted by Gasteiger charge is -2.29. The van der Waals surface area contributed by atoms with Crippen molar-refractivity contribution >= 4 is 47.3 Å². The molecule has 0 aromatic heterocycles. The molecule has 1 saturated heterocycles. The largest absolute Gasteiger partial charge is 0.379 e. The van der Waals surface area contributed by atoms with Crippen LogP contribution in [0.4, 0.5) is 11.4 Å². The van der Waals surface area contributed by atoms with Crippen molar-refractivity contribution in [1.82, 2.24) is 15.5 Å². The highest BCUT2D eigenvalue weighted by Crippen LogP contribution is 2.32. The van der Waals surface area contributed by atoms with Crippen LogP contribution in [0.25, 0.3) is 0 Å². The molecule has 4 N–H and O–H groups in total. The lowest BCUT2D eigenvalue weighted by Crippen LogP contribution is -2.52. The number of nitrogens with zero attached hydrogens (tertiary/aromatic N) is 1. The van der Waals surface area contributed by atoms with Gasteiger partial charge in [-0.25, -0.2) is 0 Å². The molecule has 0 spiro atoms. The van der Waals surface area contributed by atoms with Gasteiger partial charge in [-0.1, -0.05) is 6.07 Å². The van der Waals surface area contributed by atoms with Gasteiger partial charge in [-0.05, 0) is 42.8 Å². The monoisotopic (exact) mass is 609 g/mol. The van der Waals surface area contributed by atoms with Gasteiger partial charge in [-0.3, -0.25) is 34.1 Å². The second-order valence-corrected chi connectivity index (χ2v) is 9.96. The lowest BCUT2D eigenvalue weighted by atomic mass is 10.0. The molecule has 234 valence electrons. The molecule has 2 aliphatic rings. The Morgan fingerprint density at radius 2 is 1.64 bits per heavy atom. The average molecular weight is 610 g/mol. The van der Waals surface area contributed by atoms with Crippen molar-refractivity contribution in [3.8, 4) is 0 Å². The molecule has 14 nitrogen and oxygen atoms in total. The van der Waals surface area contributed by atoms with Crippen LogP contribution in [0.1, 0.15) is 45.5 Å². The fourth-order valence-corrected chi connectivity index (χ4v) is 4.75. The maximum atomic E-state index is 12.9. The predicted octanol–water partition coefficient (Wildman–Crippen LogP) is 0.824. The van der Waals surface area contributed by atoms with Crippen LogP contribution in [0.5, 0.6) is 0 Å². The third-order valence-corrected chi connectivity index (χ3v) is 6.98. The van der Waals surface area contributed by atoms with Crippen molar-refractivity contribution in [2.45, 2.75) is 31.8 Å². The summed E-state index contributed by atoms with van der Waals surface area (Å²) in [5.41, 5.74) is 2.63. The Bertz CT molecular complexity index is 1370. The standard InChI is InChI=1S/C30H35N5O9/c36-19-32-21-6-4-20(5-7-21)28(39)31-11-13-43-15-17-44-16-14-42-12-10-27(38)33-24-3-1-2-22-23(24)18-35(30(22)41)25-8-9-26(37)34-29(25)40/h1-7,19,25H,8-18H2,(H,31,39)(H,32,36)(H,33,38)(H,34,37,40). The van der Waals surface area contributed by atoms with Gasteiger partial charge in [0.1, 0.15) is 6.04 Å². The van der Waals surface area contributed by atoms with Crippen molar-refractivity contribution in [3.05, 3.63) is 59.2 Å². The maximum Gasteiger partial charge on any atom is 0.255 e. The topological polar surface area (TPSA) is 181 Å². The van der Waals surface area contributed by atoms with E-state index in [2.05, 4.69) is 21.3 Å². The summed E-state index contributed by atoms with van der Waals surface area (Å²) in [5.74, 6) is -1.67. The number of hydrogen-bond donors (Lipinski definition) is 4. The van der Waals surface area contributed by atoms with E-state index in [4.69, 9.17) is 14.2 Å². The first-order valence-corrected chi connectivity index (χ1v) is 14.3. The van der Waals surface area contributed by atoms with Gasteiger partial charge in [0.25, 0.3) is 11.8 Å². The second kappa shape index (κ2) is 16.3. The van der Waals surface area contributed by atoms with Crippen molar-refractivity contribution in [1.29, 1.82) is 0 Å². The van der Waals surface area contributed by atoms with Gasteiger partial charge in [0.05, 0.1) is 46.1 Å². The van der Waals surface area contributed by atoms with Crippen LogP contribution in [0.3, 0.4) is 0 Å². The molecule has 1 atom stereocenters. The molecule has 0 bridgehead atoms. The first-order chi connectivity index (χ1) is 21.4. The Hall–Kier alpha value is -4.66. The number of carbonyl (C=O) groups is 6. The molecule has 6 amide bonds. The summed E-state index contributed by atoms with van der Waals surface area (Å²) in [6.07, 6.45) is 1.10. The highest BCUT2D eigenvalue weighted by atomic mass is 16.5. The summed E-state index contributed by atoms with van der Waals surface area (Å²) in [6.45, 7) is 2.29. The summed E-state index contributed by atoms with van der Waals surface area (Å²) in [7, 11) is 0. The smallest absolute Gasteiger partial charge is 0.255 e. The number of ether oxygens (including phenoxy) is 3. The molecule has 0 saturated carbocycles. The molecule has 44 heavy (non-hydrogen) atoms. The Morgan fingerprint density at radius 1 is 0.932 bits per heavy atom. The number of imide groups is 1. The Labute approximate surface area is 253 Å². The zero-order chi connectivity index (χ0) is 31.3. The third-order valence-electron chi connectivity index (χ3n) is 6.98. The first-order valence-electron chi connectivity index (χ1n) is 14.3. The molecule has 2 aromatic carbocycles. The second-order valence-electron chi connectivity index (χ2n) is 9.96. The van der Waals surface area contributed by atoms with E-state index >= 15 is 0 Å². The van der Waals surface area contributed by atoms with E-state index in [9.17, 15) is 28.8 Å². The molecule has 0 radical (unpaired) electrons. The minimum absolute atomic E-state index is 0.100. The van der Waals surface area contributed by atoms with Gasteiger partial charge >= 0.3 is 0 Å². The van der Waals surface area contributed by atoms with E-state index in [1.54, 1.807) is 42.5 Å². The molecule has 2 aliphatic heterocycles. The average Bonchev–Trinajstić information content (AvgIpc) is 3.35. The summed E-state index contributed by atoms with van der Waals surface area (Å²) >= 11 is 0. The Kier molecular flexibility index (Phi) is 11.9. The number of hydrogen-bond acceptors (Lipinski definition) is 9. The number of piperidine rings is 1. The molecule has 2 aromatic rings. The highest BCUT2D eigenvalue weighted by molar-refractivity contribution is 6.06. The van der Waals surface area contributed by atoms with Gasteiger partial charge in [0.15, 0.2) is 0 Å². The maximum absolute atomic E-state index is 12.9. The van der Waals surface area contributed by atoms with Crippen LogP contribution in [0, 0.1) is 0 Å². The Balaban J connectivity index is 1.03. The number of anilines is 2. The highest BCUT2D eigenvalue weighted by Gasteiger charge is 2.39. The number of carbonyl (C=O) groups excluding carboxylic acids is 6. The fraction of sp³-hybridized carbons (Fsp3) is 0.400. The van der Waals surface area contributed by atoms with Crippen LogP contribution < -0.4 is 21.3 Å². The van der Waals surface area contributed by atoms with Gasteiger partial charge in [0, 0.05) is 47.6 Å². The molecule has 1 fully saturated rings. The number of nitrogens with one attached hydrogen (secondary N) is 4. The van der Waals surface area contributed by atoms with Crippen LogP contribution in [-0.4, -0.2) is 93.1 Å². The predicted molar refractivity (Wildman–Crippen MR) is 157 cm³/mol. The minimum atomic E-state index is -0.727. The van der Waals surface area contributed by atoms with E-state index in [1.807, 2.05) is 0 Å². The summed E-state index contributed by atoms with van der Waals surface area (Å²) in [5, 5.41) is 10.3. The van der Waals surface area contributed by atoms with Crippen LogP contribution in [0.2, 0.25) is 0 Å². The third kappa shape index (κ3) is 8.92.